The van der Waals surface area contributed by atoms with Crippen molar-refractivity contribution in [2.75, 3.05) is 26.2 Å². The molecule has 2 heterocycles. The standard InChI is InChI=1S/C17H32N2O/c1-3-17(2)11-16(8-10-20-17)19(12-14-6-7-14)13-15-5-4-9-18-15/h14-16,18H,3-13H2,1-2H3. The number of nitrogens with one attached hydrogen (secondary N) is 1. The van der Waals surface area contributed by atoms with Crippen LogP contribution in [0.15, 0.2) is 0 Å². The molecule has 116 valence electrons. The van der Waals surface area contributed by atoms with Crippen molar-refractivity contribution >= 4 is 0 Å². The molecule has 0 spiro atoms. The van der Waals surface area contributed by atoms with E-state index in [2.05, 4.69) is 24.1 Å². The van der Waals surface area contributed by atoms with Crippen LogP contribution in [0.4, 0.5) is 0 Å². The minimum atomic E-state index is 0.119. The molecule has 0 radical (unpaired) electrons. The van der Waals surface area contributed by atoms with Crippen LogP contribution in [-0.4, -0.2) is 48.8 Å². The van der Waals surface area contributed by atoms with Gasteiger partial charge in [0.25, 0.3) is 0 Å². The molecule has 20 heavy (non-hydrogen) atoms. The fourth-order valence-corrected chi connectivity index (χ4v) is 3.86. The van der Waals surface area contributed by atoms with Crippen LogP contribution >= 0.6 is 0 Å². The maximum atomic E-state index is 6.04. The predicted molar refractivity (Wildman–Crippen MR) is 83.0 cm³/mol. The monoisotopic (exact) mass is 280 g/mol. The third-order valence-electron chi connectivity index (χ3n) is 5.64. The molecule has 3 atom stereocenters. The van der Waals surface area contributed by atoms with Crippen molar-refractivity contribution in [3.05, 3.63) is 0 Å². The Bertz CT molecular complexity index is 312. The Morgan fingerprint density at radius 2 is 2.05 bits per heavy atom. The molecule has 1 aliphatic carbocycles. The van der Waals surface area contributed by atoms with Crippen molar-refractivity contribution in [1.82, 2.24) is 10.2 Å². The van der Waals surface area contributed by atoms with Gasteiger partial charge in [0, 0.05) is 31.8 Å². The highest BCUT2D eigenvalue weighted by Gasteiger charge is 2.37. The third kappa shape index (κ3) is 3.75. The van der Waals surface area contributed by atoms with Crippen LogP contribution in [-0.2, 0) is 4.74 Å². The van der Waals surface area contributed by atoms with Gasteiger partial charge in [0.1, 0.15) is 0 Å². The quantitative estimate of drug-likeness (QED) is 0.810. The van der Waals surface area contributed by atoms with E-state index < -0.39 is 0 Å². The van der Waals surface area contributed by atoms with Gasteiger partial charge in [-0.3, -0.25) is 4.90 Å². The highest BCUT2D eigenvalue weighted by atomic mass is 16.5. The van der Waals surface area contributed by atoms with Gasteiger partial charge in [-0.1, -0.05) is 6.92 Å². The van der Waals surface area contributed by atoms with Crippen LogP contribution in [0.3, 0.4) is 0 Å². The number of nitrogens with zero attached hydrogens (tertiary/aromatic N) is 1. The van der Waals surface area contributed by atoms with Crippen molar-refractivity contribution in [2.24, 2.45) is 5.92 Å². The highest BCUT2D eigenvalue weighted by molar-refractivity contribution is 4.91. The van der Waals surface area contributed by atoms with E-state index in [1.165, 1.54) is 58.2 Å². The van der Waals surface area contributed by atoms with E-state index in [1.807, 2.05) is 0 Å². The molecule has 3 aliphatic rings. The summed E-state index contributed by atoms with van der Waals surface area (Å²) in [7, 11) is 0. The summed E-state index contributed by atoms with van der Waals surface area (Å²) in [6.45, 7) is 9.36. The zero-order valence-corrected chi connectivity index (χ0v) is 13.4. The Balaban J connectivity index is 1.60. The molecule has 1 N–H and O–H groups in total. The van der Waals surface area contributed by atoms with Crippen LogP contribution in [0, 0.1) is 5.92 Å². The Morgan fingerprint density at radius 1 is 1.20 bits per heavy atom. The van der Waals surface area contributed by atoms with E-state index in [1.54, 1.807) is 0 Å². The lowest BCUT2D eigenvalue weighted by molar-refractivity contribution is -0.0977. The van der Waals surface area contributed by atoms with Gasteiger partial charge in [-0.15, -0.1) is 0 Å². The number of hydrogen-bond acceptors (Lipinski definition) is 3. The summed E-state index contributed by atoms with van der Waals surface area (Å²) >= 11 is 0. The lowest BCUT2D eigenvalue weighted by Gasteiger charge is -2.43. The normalized spacial score (nSPS) is 38.5. The number of rotatable bonds is 6. The van der Waals surface area contributed by atoms with Crippen LogP contribution in [0.1, 0.15) is 58.8 Å². The second kappa shape index (κ2) is 6.33. The van der Waals surface area contributed by atoms with Crippen molar-refractivity contribution in [3.8, 4) is 0 Å². The van der Waals surface area contributed by atoms with Gasteiger partial charge in [-0.25, -0.2) is 0 Å². The molecular formula is C17H32N2O. The SMILES string of the molecule is CCC1(C)CC(N(CC2CC2)CC2CCCN2)CCO1. The fraction of sp³-hybridized carbons (Fsp3) is 1.00. The van der Waals surface area contributed by atoms with Crippen molar-refractivity contribution in [3.63, 3.8) is 0 Å². The number of ether oxygens (including phenoxy) is 1. The smallest absolute Gasteiger partial charge is 0.0666 e. The second-order valence-corrected chi connectivity index (χ2v) is 7.49. The molecule has 3 rings (SSSR count). The molecule has 2 saturated heterocycles. The molecule has 3 unspecified atom stereocenters. The molecule has 0 amide bonds. The summed E-state index contributed by atoms with van der Waals surface area (Å²) < 4.78 is 6.04. The van der Waals surface area contributed by atoms with Gasteiger partial charge < -0.3 is 10.1 Å². The molecule has 0 bridgehead atoms. The first-order chi connectivity index (χ1) is 9.68. The summed E-state index contributed by atoms with van der Waals surface area (Å²) in [6, 6.07) is 1.49. The van der Waals surface area contributed by atoms with Crippen LogP contribution < -0.4 is 5.32 Å². The molecular weight excluding hydrogens is 248 g/mol. The van der Waals surface area contributed by atoms with E-state index in [0.29, 0.717) is 0 Å². The zero-order chi connectivity index (χ0) is 14.0. The fourth-order valence-electron chi connectivity index (χ4n) is 3.86. The van der Waals surface area contributed by atoms with Crippen LogP contribution in [0.25, 0.3) is 0 Å². The van der Waals surface area contributed by atoms with Gasteiger partial charge in [0.05, 0.1) is 5.60 Å². The predicted octanol–water partition coefficient (Wildman–Crippen LogP) is 2.80. The van der Waals surface area contributed by atoms with E-state index in [9.17, 15) is 0 Å². The van der Waals surface area contributed by atoms with E-state index >= 15 is 0 Å². The van der Waals surface area contributed by atoms with Gasteiger partial charge in [-0.05, 0) is 64.3 Å². The Morgan fingerprint density at radius 3 is 2.70 bits per heavy atom. The van der Waals surface area contributed by atoms with Gasteiger partial charge in [-0.2, -0.15) is 0 Å². The summed E-state index contributed by atoms with van der Waals surface area (Å²) in [5.41, 5.74) is 0.119. The van der Waals surface area contributed by atoms with Crippen LogP contribution in [0.2, 0.25) is 0 Å². The van der Waals surface area contributed by atoms with Crippen molar-refractivity contribution < 1.29 is 4.74 Å². The minimum absolute atomic E-state index is 0.119. The number of hydrogen-bond donors (Lipinski definition) is 1. The molecule has 1 saturated carbocycles. The molecule has 3 heteroatoms. The zero-order valence-electron chi connectivity index (χ0n) is 13.4. The van der Waals surface area contributed by atoms with Gasteiger partial charge in [0.15, 0.2) is 0 Å². The van der Waals surface area contributed by atoms with E-state index in [0.717, 1.165) is 31.0 Å². The molecule has 3 nitrogen and oxygen atoms in total. The lowest BCUT2D eigenvalue weighted by atomic mass is 9.88. The van der Waals surface area contributed by atoms with Gasteiger partial charge in [0.2, 0.25) is 0 Å². The highest BCUT2D eigenvalue weighted by Crippen LogP contribution is 2.35. The first kappa shape index (κ1) is 14.8. The maximum Gasteiger partial charge on any atom is 0.0666 e. The van der Waals surface area contributed by atoms with E-state index in [4.69, 9.17) is 4.74 Å². The minimum Gasteiger partial charge on any atom is -0.375 e. The Kier molecular flexibility index (Phi) is 4.68. The average molecular weight is 280 g/mol. The molecule has 3 fully saturated rings. The first-order valence-corrected chi connectivity index (χ1v) is 8.80. The summed E-state index contributed by atoms with van der Waals surface area (Å²) in [5.74, 6) is 0.993. The Labute approximate surface area is 124 Å². The second-order valence-electron chi connectivity index (χ2n) is 7.49. The summed E-state index contributed by atoms with van der Waals surface area (Å²) in [5, 5.41) is 3.68. The third-order valence-corrected chi connectivity index (χ3v) is 5.64. The topological polar surface area (TPSA) is 24.5 Å². The van der Waals surface area contributed by atoms with Crippen molar-refractivity contribution in [1.29, 1.82) is 0 Å². The van der Waals surface area contributed by atoms with Crippen molar-refractivity contribution in [2.45, 2.75) is 76.5 Å². The average Bonchev–Trinajstić information content (AvgIpc) is 3.12. The van der Waals surface area contributed by atoms with Gasteiger partial charge >= 0.3 is 0 Å². The Hall–Kier alpha value is -0.120. The van der Waals surface area contributed by atoms with E-state index in [-0.39, 0.29) is 5.60 Å². The largest absolute Gasteiger partial charge is 0.375 e. The summed E-state index contributed by atoms with van der Waals surface area (Å²) in [4.78, 5) is 2.82. The lowest BCUT2D eigenvalue weighted by Crippen LogP contribution is -2.50. The van der Waals surface area contributed by atoms with Crippen LogP contribution in [0.5, 0.6) is 0 Å². The maximum absolute atomic E-state index is 6.04. The summed E-state index contributed by atoms with van der Waals surface area (Å²) in [6.07, 6.45) is 9.25. The molecule has 0 aromatic heterocycles. The molecule has 0 aromatic carbocycles. The first-order valence-electron chi connectivity index (χ1n) is 8.80. The molecule has 2 aliphatic heterocycles. The molecule has 0 aromatic rings.